The molecule has 7 nitrogen and oxygen atoms in total. The number of nitrogens with zero attached hydrogens (tertiary/aromatic N) is 3. The monoisotopic (exact) mass is 357 g/mol. The van der Waals surface area contributed by atoms with Crippen molar-refractivity contribution in [3.8, 4) is 5.75 Å². The molecule has 0 unspecified atom stereocenters. The van der Waals surface area contributed by atoms with Crippen molar-refractivity contribution in [2.75, 3.05) is 18.6 Å². The number of rotatable bonds is 2. The van der Waals surface area contributed by atoms with Crippen molar-refractivity contribution in [2.24, 2.45) is 0 Å². The van der Waals surface area contributed by atoms with Gasteiger partial charge in [-0.1, -0.05) is 0 Å². The second kappa shape index (κ2) is 5.62. The van der Waals surface area contributed by atoms with Crippen LogP contribution in [-0.4, -0.2) is 34.2 Å². The highest BCUT2D eigenvalue weighted by atomic mass is 19.1. The summed E-state index contributed by atoms with van der Waals surface area (Å²) in [5.41, 5.74) is -0.529. The van der Waals surface area contributed by atoms with Crippen LogP contribution < -0.4 is 15.1 Å². The Bertz CT molecular complexity index is 1040. The highest BCUT2D eigenvalue weighted by Gasteiger charge is 2.29. The number of benzene rings is 1. The van der Waals surface area contributed by atoms with Gasteiger partial charge in [0, 0.05) is 38.0 Å². The lowest BCUT2D eigenvalue weighted by atomic mass is 10.1. The molecule has 0 saturated carbocycles. The highest BCUT2D eigenvalue weighted by molar-refractivity contribution is 5.97. The Labute approximate surface area is 147 Å². The fourth-order valence-corrected chi connectivity index (χ4v) is 3.21. The Kier molecular flexibility index (Phi) is 3.50. The molecule has 0 amide bonds. The minimum absolute atomic E-state index is 0.00483. The zero-order valence-electron chi connectivity index (χ0n) is 14.1. The largest absolute Gasteiger partial charge is 0.487 e. The van der Waals surface area contributed by atoms with Gasteiger partial charge >= 0.3 is 5.97 Å². The third-order valence-corrected chi connectivity index (χ3v) is 4.56. The van der Waals surface area contributed by atoms with E-state index in [-0.39, 0.29) is 35.0 Å². The summed E-state index contributed by atoms with van der Waals surface area (Å²) < 4.78 is 22.4. The molecular formula is C18H16FN3O4. The standard InChI is InChI=1S/C18H16FN3O4/c1-10-9-26-17-14-11(16(23)12(18(24)25)8-22(10)14)7-13(19)15(17)21-5-3-20(2)4-6-21/h3-8,10H,9H2,1-2H3,(H,24,25)/t10-/m0/s1. The van der Waals surface area contributed by atoms with E-state index in [1.807, 2.05) is 14.0 Å². The zero-order chi connectivity index (χ0) is 18.6. The Balaban J connectivity index is 2.07. The van der Waals surface area contributed by atoms with Crippen LogP contribution in [-0.2, 0) is 0 Å². The number of anilines is 1. The van der Waals surface area contributed by atoms with E-state index >= 15 is 0 Å². The van der Waals surface area contributed by atoms with Gasteiger partial charge in [-0.05, 0) is 13.0 Å². The predicted molar refractivity (Wildman–Crippen MR) is 93.9 cm³/mol. The summed E-state index contributed by atoms with van der Waals surface area (Å²) in [6, 6.07) is 0.890. The van der Waals surface area contributed by atoms with E-state index in [1.165, 1.54) is 6.20 Å². The number of pyridine rings is 1. The van der Waals surface area contributed by atoms with Crippen LogP contribution in [0.15, 0.2) is 41.9 Å². The van der Waals surface area contributed by atoms with E-state index < -0.39 is 17.2 Å². The van der Waals surface area contributed by atoms with E-state index in [2.05, 4.69) is 0 Å². The van der Waals surface area contributed by atoms with Crippen molar-refractivity contribution in [3.63, 3.8) is 0 Å². The number of carboxylic acid groups (broad SMARTS) is 1. The molecule has 26 heavy (non-hydrogen) atoms. The number of ether oxygens (including phenoxy) is 1. The number of carbonyl (C=O) groups is 1. The Morgan fingerprint density at radius 2 is 2.00 bits per heavy atom. The maximum Gasteiger partial charge on any atom is 0.341 e. The average molecular weight is 357 g/mol. The Morgan fingerprint density at radius 3 is 2.65 bits per heavy atom. The average Bonchev–Trinajstić information content (AvgIpc) is 2.60. The quantitative estimate of drug-likeness (QED) is 0.890. The van der Waals surface area contributed by atoms with Crippen LogP contribution in [0.25, 0.3) is 10.9 Å². The molecule has 0 bridgehead atoms. The lowest BCUT2D eigenvalue weighted by Gasteiger charge is -2.31. The van der Waals surface area contributed by atoms with Crippen LogP contribution in [0, 0.1) is 5.82 Å². The van der Waals surface area contributed by atoms with Gasteiger partial charge in [-0.3, -0.25) is 4.79 Å². The maximum absolute atomic E-state index is 14.9. The number of carboxylic acids is 1. The van der Waals surface area contributed by atoms with Gasteiger partial charge in [-0.15, -0.1) is 0 Å². The number of hydrogen-bond acceptors (Lipinski definition) is 5. The lowest BCUT2D eigenvalue weighted by Crippen LogP contribution is -2.28. The van der Waals surface area contributed by atoms with Gasteiger partial charge < -0.3 is 24.2 Å². The molecular weight excluding hydrogens is 341 g/mol. The van der Waals surface area contributed by atoms with Crippen molar-refractivity contribution >= 4 is 22.6 Å². The van der Waals surface area contributed by atoms with Crippen LogP contribution in [0.5, 0.6) is 5.75 Å². The van der Waals surface area contributed by atoms with Crippen LogP contribution >= 0.6 is 0 Å². The first-order valence-corrected chi connectivity index (χ1v) is 8.03. The van der Waals surface area contributed by atoms with Gasteiger partial charge in [0.15, 0.2) is 11.6 Å². The molecule has 2 aliphatic heterocycles. The first kappa shape index (κ1) is 16.2. The van der Waals surface area contributed by atoms with Gasteiger partial charge in [0.1, 0.15) is 17.9 Å². The molecule has 1 atom stereocenters. The number of hydrogen-bond donors (Lipinski definition) is 1. The third-order valence-electron chi connectivity index (χ3n) is 4.56. The van der Waals surface area contributed by atoms with Crippen LogP contribution in [0.3, 0.4) is 0 Å². The van der Waals surface area contributed by atoms with Gasteiger partial charge in [0.2, 0.25) is 5.43 Å². The second-order valence-corrected chi connectivity index (χ2v) is 6.35. The first-order chi connectivity index (χ1) is 12.4. The third kappa shape index (κ3) is 2.26. The van der Waals surface area contributed by atoms with E-state index in [4.69, 9.17) is 4.74 Å². The van der Waals surface area contributed by atoms with Crippen LogP contribution in [0.4, 0.5) is 10.1 Å². The molecule has 0 aliphatic carbocycles. The molecule has 4 rings (SSSR count). The summed E-state index contributed by atoms with van der Waals surface area (Å²) in [5.74, 6) is -1.77. The number of halogens is 1. The molecule has 8 heteroatoms. The molecule has 0 radical (unpaired) electrons. The van der Waals surface area contributed by atoms with Crippen LogP contribution in [0.2, 0.25) is 0 Å². The predicted octanol–water partition coefficient (Wildman–Crippen LogP) is 2.49. The summed E-state index contributed by atoms with van der Waals surface area (Å²) in [6.45, 7) is 2.08. The van der Waals surface area contributed by atoms with Gasteiger partial charge in [-0.25, -0.2) is 9.18 Å². The smallest absolute Gasteiger partial charge is 0.341 e. The SMILES string of the molecule is C[C@H]1COc2c(N3C=CN(C)C=C3)c(F)cc3c(=O)c(C(=O)O)cn1c23. The summed E-state index contributed by atoms with van der Waals surface area (Å²) >= 11 is 0. The summed E-state index contributed by atoms with van der Waals surface area (Å²) in [5, 5.41) is 9.30. The molecule has 2 aliphatic rings. The van der Waals surface area contributed by atoms with Crippen molar-refractivity contribution in [1.29, 1.82) is 0 Å². The fraction of sp³-hybridized carbons (Fsp3) is 0.222. The van der Waals surface area contributed by atoms with E-state index in [0.717, 1.165) is 6.07 Å². The number of aromatic carboxylic acids is 1. The molecule has 1 N–H and O–H groups in total. The van der Waals surface area contributed by atoms with E-state index in [9.17, 15) is 19.1 Å². The normalized spacial score (nSPS) is 18.3. The van der Waals surface area contributed by atoms with Gasteiger partial charge in [-0.2, -0.15) is 0 Å². The van der Waals surface area contributed by atoms with Crippen molar-refractivity contribution in [1.82, 2.24) is 9.47 Å². The first-order valence-electron chi connectivity index (χ1n) is 8.03. The van der Waals surface area contributed by atoms with Gasteiger partial charge in [0.05, 0.1) is 16.9 Å². The number of aromatic nitrogens is 1. The topological polar surface area (TPSA) is 75.0 Å². The minimum Gasteiger partial charge on any atom is -0.487 e. The molecule has 0 spiro atoms. The van der Waals surface area contributed by atoms with Crippen molar-refractivity contribution in [3.05, 3.63) is 58.7 Å². The van der Waals surface area contributed by atoms with E-state index in [1.54, 1.807) is 39.2 Å². The Morgan fingerprint density at radius 1 is 1.31 bits per heavy atom. The summed E-state index contributed by atoms with van der Waals surface area (Å²) in [4.78, 5) is 27.3. The van der Waals surface area contributed by atoms with Crippen molar-refractivity contribution in [2.45, 2.75) is 13.0 Å². The van der Waals surface area contributed by atoms with E-state index in [0.29, 0.717) is 5.52 Å². The second-order valence-electron chi connectivity index (χ2n) is 6.35. The summed E-state index contributed by atoms with van der Waals surface area (Å²) in [6.07, 6.45) is 8.16. The molecule has 1 aromatic carbocycles. The maximum atomic E-state index is 14.9. The molecule has 0 fully saturated rings. The van der Waals surface area contributed by atoms with Crippen molar-refractivity contribution < 1.29 is 19.0 Å². The van der Waals surface area contributed by atoms with Crippen LogP contribution in [0.1, 0.15) is 23.3 Å². The minimum atomic E-state index is -1.34. The zero-order valence-corrected chi connectivity index (χ0v) is 14.1. The molecule has 2 aromatic rings. The highest BCUT2D eigenvalue weighted by Crippen LogP contribution is 2.42. The molecule has 1 aromatic heterocycles. The van der Waals surface area contributed by atoms with Gasteiger partial charge in [0.25, 0.3) is 0 Å². The molecule has 134 valence electrons. The molecule has 3 heterocycles. The summed E-state index contributed by atoms with van der Waals surface area (Å²) in [7, 11) is 1.84. The lowest BCUT2D eigenvalue weighted by molar-refractivity contribution is 0.0694. The molecule has 0 saturated heterocycles. The Hall–Kier alpha value is -3.29. The fourth-order valence-electron chi connectivity index (χ4n) is 3.21.